The summed E-state index contributed by atoms with van der Waals surface area (Å²) in [5, 5.41) is 5.75. The first kappa shape index (κ1) is 18.1. The molecule has 1 unspecified atom stereocenters. The van der Waals surface area contributed by atoms with Gasteiger partial charge >= 0.3 is 6.03 Å². The predicted octanol–water partition coefficient (Wildman–Crippen LogP) is 4.00. The van der Waals surface area contributed by atoms with Crippen LogP contribution in [0.15, 0.2) is 47.1 Å². The SMILES string of the molecule is CN(C)C(CNC(=O)Nc1ccc(C(C)(C)C)cc1)c1ccco1. The molecule has 0 spiro atoms. The van der Waals surface area contributed by atoms with Crippen LogP contribution >= 0.6 is 0 Å². The summed E-state index contributed by atoms with van der Waals surface area (Å²) < 4.78 is 5.44. The minimum atomic E-state index is -0.225. The van der Waals surface area contributed by atoms with Crippen LogP contribution < -0.4 is 10.6 Å². The van der Waals surface area contributed by atoms with Gasteiger partial charge in [0.05, 0.1) is 12.3 Å². The van der Waals surface area contributed by atoms with Crippen LogP contribution in [-0.2, 0) is 5.41 Å². The Morgan fingerprint density at radius 1 is 1.17 bits per heavy atom. The van der Waals surface area contributed by atoms with Crippen LogP contribution in [0.1, 0.15) is 38.1 Å². The fourth-order valence-corrected chi connectivity index (χ4v) is 2.44. The third-order valence-corrected chi connectivity index (χ3v) is 3.96. The summed E-state index contributed by atoms with van der Waals surface area (Å²) in [5.41, 5.74) is 2.11. The standard InChI is InChI=1S/C19H27N3O2/c1-19(2,3)14-8-10-15(11-9-14)21-18(23)20-13-16(22(4)5)17-7-6-12-24-17/h6-12,16H,13H2,1-5H3,(H2,20,21,23). The number of carbonyl (C=O) groups is 1. The summed E-state index contributed by atoms with van der Waals surface area (Å²) in [6.45, 7) is 6.96. The normalized spacial score (nSPS) is 12.9. The Balaban J connectivity index is 1.91. The summed E-state index contributed by atoms with van der Waals surface area (Å²) in [7, 11) is 3.91. The minimum Gasteiger partial charge on any atom is -0.468 e. The Bertz CT molecular complexity index is 640. The molecule has 0 bridgehead atoms. The maximum Gasteiger partial charge on any atom is 0.319 e. The lowest BCUT2D eigenvalue weighted by Crippen LogP contribution is -2.36. The first-order valence-electron chi connectivity index (χ1n) is 8.12. The number of nitrogens with zero attached hydrogens (tertiary/aromatic N) is 1. The average Bonchev–Trinajstić information content (AvgIpc) is 3.00. The molecule has 2 amide bonds. The molecule has 1 aromatic carbocycles. The molecule has 0 fully saturated rings. The molecule has 1 aromatic heterocycles. The zero-order chi connectivity index (χ0) is 17.7. The van der Waals surface area contributed by atoms with Gasteiger partial charge in [0.2, 0.25) is 0 Å². The number of nitrogens with one attached hydrogen (secondary N) is 2. The minimum absolute atomic E-state index is 0.00554. The van der Waals surface area contributed by atoms with Crippen LogP contribution in [0.2, 0.25) is 0 Å². The van der Waals surface area contributed by atoms with Gasteiger partial charge in [-0.1, -0.05) is 32.9 Å². The molecule has 5 nitrogen and oxygen atoms in total. The lowest BCUT2D eigenvalue weighted by atomic mass is 9.87. The highest BCUT2D eigenvalue weighted by molar-refractivity contribution is 5.89. The van der Waals surface area contributed by atoms with Crippen molar-refractivity contribution >= 4 is 11.7 Å². The van der Waals surface area contributed by atoms with Crippen molar-refractivity contribution in [2.45, 2.75) is 32.2 Å². The maximum atomic E-state index is 12.1. The van der Waals surface area contributed by atoms with Crippen LogP contribution in [0.3, 0.4) is 0 Å². The number of anilines is 1. The lowest BCUT2D eigenvalue weighted by molar-refractivity contribution is 0.233. The van der Waals surface area contributed by atoms with Crippen molar-refractivity contribution in [2.24, 2.45) is 0 Å². The van der Waals surface area contributed by atoms with Crippen LogP contribution in [0.25, 0.3) is 0 Å². The van der Waals surface area contributed by atoms with Crippen LogP contribution in [0.5, 0.6) is 0 Å². The number of benzene rings is 1. The van der Waals surface area contributed by atoms with Gasteiger partial charge in [-0.25, -0.2) is 4.79 Å². The Kier molecular flexibility index (Phi) is 5.67. The molecule has 0 aliphatic rings. The monoisotopic (exact) mass is 329 g/mol. The van der Waals surface area contributed by atoms with Crippen molar-refractivity contribution in [2.75, 3.05) is 26.0 Å². The molecule has 130 valence electrons. The summed E-state index contributed by atoms with van der Waals surface area (Å²) in [5.74, 6) is 0.829. The van der Waals surface area contributed by atoms with E-state index in [1.54, 1.807) is 6.26 Å². The number of carbonyl (C=O) groups excluding carboxylic acids is 1. The fourth-order valence-electron chi connectivity index (χ4n) is 2.44. The number of rotatable bonds is 5. The summed E-state index contributed by atoms with van der Waals surface area (Å²) in [4.78, 5) is 14.1. The van der Waals surface area contributed by atoms with E-state index in [4.69, 9.17) is 4.42 Å². The van der Waals surface area contributed by atoms with E-state index in [0.29, 0.717) is 6.54 Å². The van der Waals surface area contributed by atoms with E-state index in [2.05, 4.69) is 31.4 Å². The number of urea groups is 1. The molecule has 24 heavy (non-hydrogen) atoms. The smallest absolute Gasteiger partial charge is 0.319 e. The number of furan rings is 1. The molecule has 5 heteroatoms. The lowest BCUT2D eigenvalue weighted by Gasteiger charge is -2.22. The van der Waals surface area contributed by atoms with E-state index in [1.807, 2.05) is 55.4 Å². The number of hydrogen-bond donors (Lipinski definition) is 2. The first-order chi connectivity index (χ1) is 11.3. The van der Waals surface area contributed by atoms with E-state index in [-0.39, 0.29) is 17.5 Å². The molecule has 0 aliphatic heterocycles. The highest BCUT2D eigenvalue weighted by Crippen LogP contribution is 2.23. The highest BCUT2D eigenvalue weighted by atomic mass is 16.3. The summed E-state index contributed by atoms with van der Waals surface area (Å²) in [6.07, 6.45) is 1.64. The van der Waals surface area contributed by atoms with E-state index >= 15 is 0 Å². The van der Waals surface area contributed by atoms with Gasteiger partial charge in [-0.3, -0.25) is 4.90 Å². The molecule has 0 saturated carbocycles. The number of hydrogen-bond acceptors (Lipinski definition) is 3. The Morgan fingerprint density at radius 3 is 2.33 bits per heavy atom. The third kappa shape index (κ3) is 4.86. The molecule has 1 atom stereocenters. The zero-order valence-corrected chi connectivity index (χ0v) is 15.1. The molecular formula is C19H27N3O2. The second kappa shape index (κ2) is 7.53. The molecule has 2 aromatic rings. The largest absolute Gasteiger partial charge is 0.468 e. The van der Waals surface area contributed by atoms with Crippen molar-refractivity contribution in [3.8, 4) is 0 Å². The van der Waals surface area contributed by atoms with Crippen molar-refractivity contribution in [3.05, 3.63) is 54.0 Å². The second-order valence-corrected chi connectivity index (χ2v) is 7.16. The van der Waals surface area contributed by atoms with Gasteiger partial charge in [0.25, 0.3) is 0 Å². The number of amides is 2. The number of likely N-dealkylation sites (N-methyl/N-ethyl adjacent to an activating group) is 1. The van der Waals surface area contributed by atoms with Gasteiger partial charge in [-0.2, -0.15) is 0 Å². The quantitative estimate of drug-likeness (QED) is 0.871. The predicted molar refractivity (Wildman–Crippen MR) is 97.3 cm³/mol. The maximum absolute atomic E-state index is 12.1. The molecule has 0 saturated heterocycles. The fraction of sp³-hybridized carbons (Fsp3) is 0.421. The van der Waals surface area contributed by atoms with Crippen molar-refractivity contribution in [1.82, 2.24) is 10.2 Å². The average molecular weight is 329 g/mol. The summed E-state index contributed by atoms with van der Waals surface area (Å²) >= 11 is 0. The van der Waals surface area contributed by atoms with Crippen LogP contribution in [0.4, 0.5) is 10.5 Å². The topological polar surface area (TPSA) is 57.5 Å². The molecule has 0 aliphatic carbocycles. The van der Waals surface area contributed by atoms with Crippen LogP contribution in [-0.4, -0.2) is 31.6 Å². The molecular weight excluding hydrogens is 302 g/mol. The Morgan fingerprint density at radius 2 is 1.83 bits per heavy atom. The van der Waals surface area contributed by atoms with E-state index in [0.717, 1.165) is 11.4 Å². The highest BCUT2D eigenvalue weighted by Gasteiger charge is 2.18. The van der Waals surface area contributed by atoms with Gasteiger partial charge in [0, 0.05) is 12.2 Å². The molecule has 2 rings (SSSR count). The zero-order valence-electron chi connectivity index (χ0n) is 15.1. The first-order valence-corrected chi connectivity index (χ1v) is 8.12. The molecule has 0 radical (unpaired) electrons. The van der Waals surface area contributed by atoms with Gasteiger partial charge < -0.3 is 15.1 Å². The Hall–Kier alpha value is -2.27. The van der Waals surface area contributed by atoms with Crippen molar-refractivity contribution < 1.29 is 9.21 Å². The van der Waals surface area contributed by atoms with Crippen molar-refractivity contribution in [1.29, 1.82) is 0 Å². The van der Waals surface area contributed by atoms with Gasteiger partial charge in [-0.05, 0) is 49.3 Å². The Labute approximate surface area is 144 Å². The van der Waals surface area contributed by atoms with Gasteiger partial charge in [0.15, 0.2) is 0 Å². The van der Waals surface area contributed by atoms with Crippen molar-refractivity contribution in [3.63, 3.8) is 0 Å². The molecule has 2 N–H and O–H groups in total. The third-order valence-electron chi connectivity index (χ3n) is 3.96. The van der Waals surface area contributed by atoms with Gasteiger partial charge in [-0.15, -0.1) is 0 Å². The van der Waals surface area contributed by atoms with E-state index in [9.17, 15) is 4.79 Å². The van der Waals surface area contributed by atoms with Gasteiger partial charge in [0.1, 0.15) is 5.76 Å². The van der Waals surface area contributed by atoms with Crippen LogP contribution in [0, 0.1) is 0 Å². The van der Waals surface area contributed by atoms with E-state index < -0.39 is 0 Å². The molecule has 1 heterocycles. The second-order valence-electron chi connectivity index (χ2n) is 7.16. The van der Waals surface area contributed by atoms with E-state index in [1.165, 1.54) is 5.56 Å². The summed E-state index contributed by atoms with van der Waals surface area (Å²) in [6, 6.07) is 11.5.